The van der Waals surface area contributed by atoms with Crippen LogP contribution in [0.2, 0.25) is 0 Å². The minimum Gasteiger partial charge on any atom is -0.395 e. The van der Waals surface area contributed by atoms with Gasteiger partial charge in [-0.3, -0.25) is 9.59 Å². The first kappa shape index (κ1) is 18.0. The molecule has 0 aliphatic carbocycles. The molecule has 6 nitrogen and oxygen atoms in total. The number of carbonyl (C=O) groups is 2. The van der Waals surface area contributed by atoms with Crippen molar-refractivity contribution in [2.45, 2.75) is 26.2 Å². The van der Waals surface area contributed by atoms with Gasteiger partial charge >= 0.3 is 0 Å². The zero-order valence-corrected chi connectivity index (χ0v) is 16.1. The number of carbonyl (C=O) groups excluding carboxylic acids is 2. The number of rotatable bonds is 3. The summed E-state index contributed by atoms with van der Waals surface area (Å²) in [6.45, 7) is 4.22. The van der Waals surface area contributed by atoms with Crippen LogP contribution in [-0.4, -0.2) is 64.1 Å². The normalized spacial score (nSPS) is 23.0. The summed E-state index contributed by atoms with van der Waals surface area (Å²) in [4.78, 5) is 29.8. The van der Waals surface area contributed by atoms with Crippen molar-refractivity contribution in [3.63, 3.8) is 0 Å². The maximum absolute atomic E-state index is 13.2. The fourth-order valence-electron chi connectivity index (χ4n) is 4.90. The van der Waals surface area contributed by atoms with Gasteiger partial charge < -0.3 is 19.5 Å². The second-order valence-electron chi connectivity index (χ2n) is 7.98. The lowest BCUT2D eigenvalue weighted by Crippen LogP contribution is -2.51. The second-order valence-corrected chi connectivity index (χ2v) is 7.98. The molecule has 1 spiro atoms. The van der Waals surface area contributed by atoms with E-state index in [9.17, 15) is 14.7 Å². The molecule has 2 amide bonds. The van der Waals surface area contributed by atoms with E-state index in [4.69, 9.17) is 0 Å². The summed E-state index contributed by atoms with van der Waals surface area (Å²) in [6, 6.07) is 8.05. The monoisotopic (exact) mass is 369 g/mol. The van der Waals surface area contributed by atoms with E-state index in [-0.39, 0.29) is 18.4 Å². The highest BCUT2D eigenvalue weighted by atomic mass is 16.3. The molecule has 2 fully saturated rings. The average molecular weight is 369 g/mol. The fourth-order valence-corrected chi connectivity index (χ4v) is 4.90. The topological polar surface area (TPSA) is 65.8 Å². The third kappa shape index (κ3) is 2.83. The molecule has 144 valence electrons. The second kappa shape index (κ2) is 6.68. The summed E-state index contributed by atoms with van der Waals surface area (Å²) in [7, 11) is 1.93. The highest BCUT2D eigenvalue weighted by molar-refractivity contribution is 6.00. The number of amides is 2. The Balaban J connectivity index is 1.59. The molecule has 1 aromatic heterocycles. The Labute approximate surface area is 159 Å². The van der Waals surface area contributed by atoms with E-state index in [2.05, 4.69) is 13.0 Å². The van der Waals surface area contributed by atoms with Crippen LogP contribution in [0.15, 0.2) is 24.3 Å². The lowest BCUT2D eigenvalue weighted by Gasteiger charge is -2.39. The van der Waals surface area contributed by atoms with Crippen molar-refractivity contribution in [2.24, 2.45) is 12.5 Å². The van der Waals surface area contributed by atoms with Crippen molar-refractivity contribution in [2.75, 3.05) is 32.8 Å². The maximum atomic E-state index is 13.2. The summed E-state index contributed by atoms with van der Waals surface area (Å²) in [5.74, 6) is 0.100. The Morgan fingerprint density at radius 1 is 1.26 bits per heavy atom. The number of hydrogen-bond donors (Lipinski definition) is 1. The Hall–Kier alpha value is -2.34. The number of aryl methyl sites for hydroxylation is 2. The first-order valence-electron chi connectivity index (χ1n) is 9.71. The Bertz CT molecular complexity index is 901. The molecule has 2 saturated heterocycles. The molecular formula is C21H27N3O3. The number of fused-ring (bicyclic) bond motifs is 1. The molecule has 0 radical (unpaired) electrons. The number of nitrogens with zero attached hydrogens (tertiary/aromatic N) is 3. The highest BCUT2D eigenvalue weighted by Crippen LogP contribution is 2.40. The van der Waals surface area contributed by atoms with Crippen LogP contribution in [0.5, 0.6) is 0 Å². The molecule has 27 heavy (non-hydrogen) atoms. The van der Waals surface area contributed by atoms with Crippen molar-refractivity contribution in [1.29, 1.82) is 0 Å². The SMILES string of the molecule is Cc1cccc2cc(C(=O)N3CCC4(CCCN(CCO)C4=O)C3)n(C)c12. The minimum atomic E-state index is -0.469. The molecule has 3 heterocycles. The number of piperidine rings is 1. The van der Waals surface area contributed by atoms with Crippen LogP contribution < -0.4 is 0 Å². The Kier molecular flexibility index (Phi) is 4.46. The van der Waals surface area contributed by atoms with E-state index < -0.39 is 5.41 Å². The summed E-state index contributed by atoms with van der Waals surface area (Å²) < 4.78 is 1.97. The molecule has 4 rings (SSSR count). The third-order valence-electron chi connectivity index (χ3n) is 6.31. The van der Waals surface area contributed by atoms with Gasteiger partial charge in [0, 0.05) is 38.6 Å². The fraction of sp³-hybridized carbons (Fsp3) is 0.524. The largest absolute Gasteiger partial charge is 0.395 e. The zero-order chi connectivity index (χ0) is 19.2. The van der Waals surface area contributed by atoms with E-state index in [0.29, 0.717) is 38.3 Å². The van der Waals surface area contributed by atoms with Gasteiger partial charge in [-0.15, -0.1) is 0 Å². The molecule has 2 aliphatic heterocycles. The van der Waals surface area contributed by atoms with Crippen molar-refractivity contribution >= 4 is 22.7 Å². The van der Waals surface area contributed by atoms with E-state index in [1.807, 2.05) is 34.7 Å². The third-order valence-corrected chi connectivity index (χ3v) is 6.31. The van der Waals surface area contributed by atoms with E-state index >= 15 is 0 Å². The summed E-state index contributed by atoms with van der Waals surface area (Å²) in [5.41, 5.74) is 2.43. The number of benzene rings is 1. The lowest BCUT2D eigenvalue weighted by atomic mass is 9.78. The molecular weight excluding hydrogens is 342 g/mol. The van der Waals surface area contributed by atoms with Gasteiger partial charge in [-0.05, 0) is 37.8 Å². The van der Waals surface area contributed by atoms with E-state index in [1.165, 1.54) is 0 Å². The van der Waals surface area contributed by atoms with Crippen LogP contribution in [0.1, 0.15) is 35.3 Å². The van der Waals surface area contributed by atoms with Crippen LogP contribution in [0, 0.1) is 12.3 Å². The van der Waals surface area contributed by atoms with Gasteiger partial charge in [0.05, 0.1) is 17.5 Å². The van der Waals surface area contributed by atoms with Crippen LogP contribution in [0.3, 0.4) is 0 Å². The average Bonchev–Trinajstić information content (AvgIpc) is 3.22. The summed E-state index contributed by atoms with van der Waals surface area (Å²) >= 11 is 0. The number of aliphatic hydroxyl groups is 1. The van der Waals surface area contributed by atoms with Gasteiger partial charge in [0.25, 0.3) is 5.91 Å². The first-order chi connectivity index (χ1) is 13.0. The molecule has 2 aromatic rings. The maximum Gasteiger partial charge on any atom is 0.270 e. The number of aromatic nitrogens is 1. The van der Waals surface area contributed by atoms with Crippen LogP contribution in [0.25, 0.3) is 10.9 Å². The highest BCUT2D eigenvalue weighted by Gasteiger charge is 2.49. The smallest absolute Gasteiger partial charge is 0.270 e. The molecule has 1 atom stereocenters. The molecule has 1 unspecified atom stereocenters. The number of para-hydroxylation sites is 1. The molecule has 0 bridgehead atoms. The molecule has 0 saturated carbocycles. The number of aliphatic hydroxyl groups excluding tert-OH is 1. The Morgan fingerprint density at radius 2 is 2.07 bits per heavy atom. The molecule has 6 heteroatoms. The van der Waals surface area contributed by atoms with Gasteiger partial charge in [0.15, 0.2) is 0 Å². The predicted octanol–water partition coefficient (Wildman–Crippen LogP) is 1.93. The van der Waals surface area contributed by atoms with Crippen LogP contribution in [-0.2, 0) is 11.8 Å². The van der Waals surface area contributed by atoms with Gasteiger partial charge in [0.1, 0.15) is 5.69 Å². The minimum absolute atomic E-state index is 0.00273. The van der Waals surface area contributed by atoms with Crippen molar-refractivity contribution in [3.8, 4) is 0 Å². The van der Waals surface area contributed by atoms with Crippen LogP contribution in [0.4, 0.5) is 0 Å². The van der Waals surface area contributed by atoms with Gasteiger partial charge in [0.2, 0.25) is 5.91 Å². The summed E-state index contributed by atoms with van der Waals surface area (Å²) in [6.07, 6.45) is 2.47. The Morgan fingerprint density at radius 3 is 2.81 bits per heavy atom. The van der Waals surface area contributed by atoms with E-state index in [0.717, 1.165) is 29.3 Å². The molecule has 2 aliphatic rings. The predicted molar refractivity (Wildman–Crippen MR) is 104 cm³/mol. The van der Waals surface area contributed by atoms with Crippen molar-refractivity contribution < 1.29 is 14.7 Å². The quantitative estimate of drug-likeness (QED) is 0.899. The number of hydrogen-bond acceptors (Lipinski definition) is 3. The standard InChI is InChI=1S/C21H27N3O3/c1-15-5-3-6-16-13-17(22(2)18(15)16)19(26)24-10-8-21(14-24)7-4-9-23(11-12-25)20(21)27/h3,5-6,13,25H,4,7-12,14H2,1-2H3. The van der Waals surface area contributed by atoms with E-state index in [1.54, 1.807) is 4.90 Å². The zero-order valence-electron chi connectivity index (χ0n) is 16.1. The first-order valence-corrected chi connectivity index (χ1v) is 9.71. The summed E-state index contributed by atoms with van der Waals surface area (Å²) in [5, 5.41) is 10.3. The molecule has 1 N–H and O–H groups in total. The van der Waals surface area contributed by atoms with Crippen LogP contribution >= 0.6 is 0 Å². The van der Waals surface area contributed by atoms with Gasteiger partial charge in [-0.2, -0.15) is 0 Å². The lowest BCUT2D eigenvalue weighted by molar-refractivity contribution is -0.146. The number of likely N-dealkylation sites (tertiary alicyclic amines) is 2. The van der Waals surface area contributed by atoms with Gasteiger partial charge in [-0.1, -0.05) is 18.2 Å². The number of β-amino-alcohol motifs (C(OH)–C–C–N with tert-alkyl or cyclic N) is 1. The van der Waals surface area contributed by atoms with Gasteiger partial charge in [-0.25, -0.2) is 0 Å². The van der Waals surface area contributed by atoms with Crippen molar-refractivity contribution in [3.05, 3.63) is 35.5 Å². The molecule has 1 aromatic carbocycles. The van der Waals surface area contributed by atoms with Crippen molar-refractivity contribution in [1.82, 2.24) is 14.4 Å².